The molecule has 148 valence electrons. The number of carbonyl (C=O) groups is 1. The smallest absolute Gasteiger partial charge is 0.336 e. The van der Waals surface area contributed by atoms with Crippen LogP contribution in [0.4, 0.5) is 10.1 Å². The van der Waals surface area contributed by atoms with Crippen LogP contribution in [-0.4, -0.2) is 11.0 Å². The van der Waals surface area contributed by atoms with Gasteiger partial charge in [0.25, 0.3) is 0 Å². The van der Waals surface area contributed by atoms with E-state index in [0.717, 1.165) is 18.2 Å². The number of nitrogens with zero attached hydrogens (tertiary/aromatic N) is 1. The molecule has 1 amide bonds. The fraction of sp³-hybridized carbons (Fsp3) is 0.0952. The predicted molar refractivity (Wildman–Crippen MR) is 102 cm³/mol. The van der Waals surface area contributed by atoms with E-state index in [9.17, 15) is 24.3 Å². The van der Waals surface area contributed by atoms with E-state index >= 15 is 0 Å². The Morgan fingerprint density at radius 1 is 1.27 bits per heavy atom. The number of ether oxygens (including phenoxy) is 1. The second-order valence-corrected chi connectivity index (χ2v) is 7.07. The van der Waals surface area contributed by atoms with Crippen LogP contribution in [0, 0.1) is 24.1 Å². The third kappa shape index (κ3) is 1.97. The average Bonchev–Trinajstić information content (AvgIpc) is 2.93. The maximum absolute atomic E-state index is 14.2. The lowest BCUT2D eigenvalue weighted by molar-refractivity contribution is -0.118. The SMILES string of the molecule is Cc1cc(=O)oc2cc(O)c3c(c12)OC(N)=C(C#N)C31C(=O)Nc2ccc(F)cc21. The zero-order chi connectivity index (χ0) is 21.4. The van der Waals surface area contributed by atoms with Crippen LogP contribution in [0.1, 0.15) is 16.7 Å². The number of aryl methyl sites for hydroxylation is 1. The molecule has 3 heterocycles. The lowest BCUT2D eigenvalue weighted by Crippen LogP contribution is -2.42. The second kappa shape index (κ2) is 5.61. The Balaban J connectivity index is 2.03. The van der Waals surface area contributed by atoms with Gasteiger partial charge in [-0.15, -0.1) is 0 Å². The molecular weight excluding hydrogens is 393 g/mol. The number of rotatable bonds is 0. The first-order chi connectivity index (χ1) is 14.3. The number of halogens is 1. The molecule has 2 aliphatic heterocycles. The molecule has 0 aliphatic carbocycles. The van der Waals surface area contributed by atoms with E-state index in [1.165, 1.54) is 12.1 Å². The summed E-state index contributed by atoms with van der Waals surface area (Å²) in [4.78, 5) is 25.1. The van der Waals surface area contributed by atoms with E-state index in [0.29, 0.717) is 10.9 Å². The number of fused-ring (bicyclic) bond motifs is 6. The highest BCUT2D eigenvalue weighted by atomic mass is 19.1. The molecule has 0 saturated carbocycles. The number of hydrogen-bond donors (Lipinski definition) is 3. The first-order valence-electron chi connectivity index (χ1n) is 8.79. The average molecular weight is 405 g/mol. The van der Waals surface area contributed by atoms with Crippen molar-refractivity contribution in [3.05, 3.63) is 74.7 Å². The highest BCUT2D eigenvalue weighted by molar-refractivity contribution is 6.14. The normalized spacial score (nSPS) is 19.3. The zero-order valence-corrected chi connectivity index (χ0v) is 15.4. The number of aromatic hydroxyl groups is 1. The first kappa shape index (κ1) is 17.8. The molecule has 0 saturated heterocycles. The highest BCUT2D eigenvalue weighted by Gasteiger charge is 2.58. The predicted octanol–water partition coefficient (Wildman–Crippen LogP) is 2.27. The number of carbonyl (C=O) groups excluding carboxylic acids is 1. The molecule has 0 radical (unpaired) electrons. The van der Waals surface area contributed by atoms with Gasteiger partial charge in [0.2, 0.25) is 11.8 Å². The summed E-state index contributed by atoms with van der Waals surface area (Å²) in [5.41, 5.74) is 3.91. The van der Waals surface area contributed by atoms with Crippen molar-refractivity contribution in [1.82, 2.24) is 0 Å². The van der Waals surface area contributed by atoms with Gasteiger partial charge in [0.1, 0.15) is 40.0 Å². The zero-order valence-electron chi connectivity index (χ0n) is 15.4. The van der Waals surface area contributed by atoms with Crippen molar-refractivity contribution in [3.8, 4) is 17.6 Å². The van der Waals surface area contributed by atoms with Crippen LogP contribution in [0.3, 0.4) is 0 Å². The van der Waals surface area contributed by atoms with E-state index in [1.807, 2.05) is 6.07 Å². The maximum atomic E-state index is 14.2. The molecule has 4 N–H and O–H groups in total. The number of phenols is 1. The Bertz CT molecular complexity index is 1450. The van der Waals surface area contributed by atoms with Crippen LogP contribution in [0.5, 0.6) is 11.5 Å². The van der Waals surface area contributed by atoms with Crippen LogP contribution in [0.25, 0.3) is 11.0 Å². The summed E-state index contributed by atoms with van der Waals surface area (Å²) < 4.78 is 25.0. The Kier molecular flexibility index (Phi) is 3.32. The van der Waals surface area contributed by atoms with Crippen LogP contribution >= 0.6 is 0 Å². The van der Waals surface area contributed by atoms with Gasteiger partial charge in [-0.3, -0.25) is 4.79 Å². The van der Waals surface area contributed by atoms with Gasteiger partial charge in [0.05, 0.1) is 10.9 Å². The third-order valence-electron chi connectivity index (χ3n) is 5.46. The quantitative estimate of drug-likeness (QED) is 0.488. The van der Waals surface area contributed by atoms with E-state index in [1.54, 1.807) is 6.92 Å². The molecule has 1 unspecified atom stereocenters. The topological polar surface area (TPSA) is 139 Å². The van der Waals surface area contributed by atoms with Crippen LogP contribution in [0.2, 0.25) is 0 Å². The summed E-state index contributed by atoms with van der Waals surface area (Å²) >= 11 is 0. The fourth-order valence-corrected chi connectivity index (χ4v) is 4.31. The molecule has 2 aliphatic rings. The number of phenolic OH excluding ortho intramolecular Hbond substituents is 1. The minimum Gasteiger partial charge on any atom is -0.507 e. The van der Waals surface area contributed by atoms with E-state index in [2.05, 4.69) is 5.32 Å². The van der Waals surface area contributed by atoms with Crippen molar-refractivity contribution >= 4 is 22.6 Å². The van der Waals surface area contributed by atoms with E-state index < -0.39 is 28.5 Å². The standard InChI is InChI=1S/C21H12FN3O5/c1-8-4-15(27)29-14-6-13(26)17-18(16(8)14)30-19(24)11(7-23)21(17)10-5-9(22)2-3-12(10)25-20(21)28/h2-6,26H,24H2,1H3,(H,25,28). The number of benzene rings is 2. The van der Waals surface area contributed by atoms with Gasteiger partial charge < -0.3 is 25.3 Å². The van der Waals surface area contributed by atoms with Crippen molar-refractivity contribution < 1.29 is 23.4 Å². The molecule has 9 heteroatoms. The highest BCUT2D eigenvalue weighted by Crippen LogP contribution is 2.57. The number of anilines is 1. The maximum Gasteiger partial charge on any atom is 0.336 e. The molecule has 3 aromatic rings. The Morgan fingerprint density at radius 3 is 2.77 bits per heavy atom. The third-order valence-corrected chi connectivity index (χ3v) is 5.46. The molecule has 5 rings (SSSR count). The van der Waals surface area contributed by atoms with Crippen LogP contribution in [-0.2, 0) is 10.2 Å². The van der Waals surface area contributed by atoms with E-state index in [-0.39, 0.29) is 39.6 Å². The largest absolute Gasteiger partial charge is 0.507 e. The molecule has 1 atom stereocenters. The summed E-state index contributed by atoms with van der Waals surface area (Å²) in [5, 5.41) is 23.6. The molecule has 30 heavy (non-hydrogen) atoms. The van der Waals surface area contributed by atoms with Gasteiger partial charge in [-0.05, 0) is 30.7 Å². The van der Waals surface area contributed by atoms with Gasteiger partial charge in [0, 0.05) is 23.4 Å². The summed E-state index contributed by atoms with van der Waals surface area (Å²) in [6, 6.07) is 7.89. The number of nitriles is 1. The number of nitrogens with one attached hydrogen (secondary N) is 1. The van der Waals surface area contributed by atoms with Crippen molar-refractivity contribution in [1.29, 1.82) is 5.26 Å². The Morgan fingerprint density at radius 2 is 2.03 bits per heavy atom. The minimum atomic E-state index is -1.94. The van der Waals surface area contributed by atoms with Crippen molar-refractivity contribution in [2.24, 2.45) is 5.73 Å². The molecule has 2 aromatic carbocycles. The van der Waals surface area contributed by atoms with Crippen molar-refractivity contribution in [2.45, 2.75) is 12.3 Å². The van der Waals surface area contributed by atoms with Gasteiger partial charge >= 0.3 is 5.63 Å². The van der Waals surface area contributed by atoms with Crippen molar-refractivity contribution in [3.63, 3.8) is 0 Å². The summed E-state index contributed by atoms with van der Waals surface area (Å²) in [6.07, 6.45) is 0. The first-order valence-corrected chi connectivity index (χ1v) is 8.79. The lowest BCUT2D eigenvalue weighted by Gasteiger charge is -2.34. The summed E-state index contributed by atoms with van der Waals surface area (Å²) in [5.74, 6) is -2.24. The molecule has 1 aromatic heterocycles. The number of hydrogen-bond acceptors (Lipinski definition) is 7. The number of amides is 1. The second-order valence-electron chi connectivity index (χ2n) is 7.07. The molecule has 0 bridgehead atoms. The summed E-state index contributed by atoms with van der Waals surface area (Å²) in [7, 11) is 0. The van der Waals surface area contributed by atoms with Gasteiger partial charge in [-0.2, -0.15) is 5.26 Å². The van der Waals surface area contributed by atoms with Crippen LogP contribution < -0.4 is 21.4 Å². The summed E-state index contributed by atoms with van der Waals surface area (Å²) in [6.45, 7) is 1.62. The Labute approximate surface area is 167 Å². The lowest BCUT2D eigenvalue weighted by atomic mass is 9.68. The number of nitrogens with two attached hydrogens (primary N) is 1. The van der Waals surface area contributed by atoms with Crippen molar-refractivity contribution in [2.75, 3.05) is 5.32 Å². The molecule has 8 nitrogen and oxygen atoms in total. The molecule has 0 fully saturated rings. The Hall–Kier alpha value is -4.32. The van der Waals surface area contributed by atoms with Crippen LogP contribution in [0.15, 0.2) is 51.0 Å². The molecule has 1 spiro atoms. The van der Waals surface area contributed by atoms with Gasteiger partial charge in [0.15, 0.2) is 0 Å². The molecular formula is C21H12FN3O5. The fourth-order valence-electron chi connectivity index (χ4n) is 4.31. The monoisotopic (exact) mass is 405 g/mol. The van der Waals surface area contributed by atoms with E-state index in [4.69, 9.17) is 14.9 Å². The van der Waals surface area contributed by atoms with Gasteiger partial charge in [-0.1, -0.05) is 0 Å². The van der Waals surface area contributed by atoms with Gasteiger partial charge in [-0.25, -0.2) is 9.18 Å². The minimum absolute atomic E-state index is 0.0116.